The summed E-state index contributed by atoms with van der Waals surface area (Å²) in [6, 6.07) is 10.4. The number of carbonyl (C=O) groups is 1. The molecule has 134 valence electrons. The number of piperazine rings is 1. The molecule has 0 spiro atoms. The van der Waals surface area contributed by atoms with Gasteiger partial charge in [-0.15, -0.1) is 0 Å². The van der Waals surface area contributed by atoms with Crippen LogP contribution in [0.5, 0.6) is 0 Å². The van der Waals surface area contributed by atoms with E-state index in [4.69, 9.17) is 4.42 Å². The lowest BCUT2D eigenvalue weighted by atomic mass is 10.0. The van der Waals surface area contributed by atoms with Gasteiger partial charge in [-0.25, -0.2) is 4.79 Å². The first-order valence-corrected chi connectivity index (χ1v) is 8.89. The Morgan fingerprint density at radius 1 is 1.16 bits per heavy atom. The van der Waals surface area contributed by atoms with E-state index in [9.17, 15) is 4.79 Å². The van der Waals surface area contributed by atoms with Crippen LogP contribution in [-0.2, 0) is 6.54 Å². The number of nitrogens with zero attached hydrogens (tertiary/aromatic N) is 2. The van der Waals surface area contributed by atoms with Crippen molar-refractivity contribution >= 4 is 6.03 Å². The van der Waals surface area contributed by atoms with Crippen molar-refractivity contribution < 1.29 is 9.21 Å². The molecule has 0 aliphatic carbocycles. The largest absolute Gasteiger partial charge is 0.468 e. The summed E-state index contributed by atoms with van der Waals surface area (Å²) in [5, 5.41) is 3.13. The summed E-state index contributed by atoms with van der Waals surface area (Å²) in [5.74, 6) is 0.973. The number of amides is 2. The molecule has 1 unspecified atom stereocenters. The van der Waals surface area contributed by atoms with Gasteiger partial charge in [-0.3, -0.25) is 4.90 Å². The van der Waals surface area contributed by atoms with Crippen LogP contribution in [0.15, 0.2) is 41.0 Å². The second-order valence-electron chi connectivity index (χ2n) is 6.93. The zero-order valence-electron chi connectivity index (χ0n) is 15.3. The topological polar surface area (TPSA) is 48.7 Å². The van der Waals surface area contributed by atoms with E-state index in [1.54, 1.807) is 6.26 Å². The fourth-order valence-electron chi connectivity index (χ4n) is 3.35. The molecular weight excluding hydrogens is 314 g/mol. The van der Waals surface area contributed by atoms with Crippen LogP contribution in [0.25, 0.3) is 0 Å². The number of furan rings is 1. The lowest BCUT2D eigenvalue weighted by Gasteiger charge is -2.35. The normalized spacial score (nSPS) is 16.7. The first-order chi connectivity index (χ1) is 12.0. The summed E-state index contributed by atoms with van der Waals surface area (Å²) in [4.78, 5) is 16.8. The van der Waals surface area contributed by atoms with Gasteiger partial charge in [0, 0.05) is 26.2 Å². The van der Waals surface area contributed by atoms with Crippen LogP contribution in [0.4, 0.5) is 4.79 Å². The van der Waals surface area contributed by atoms with Crippen LogP contribution in [-0.4, -0.2) is 42.0 Å². The van der Waals surface area contributed by atoms with Gasteiger partial charge in [-0.05, 0) is 38.5 Å². The number of hydrogen-bond donors (Lipinski definition) is 1. The molecule has 2 heterocycles. The van der Waals surface area contributed by atoms with E-state index in [1.807, 2.05) is 24.0 Å². The molecular formula is C20H27N3O2. The van der Waals surface area contributed by atoms with Crippen LogP contribution < -0.4 is 5.32 Å². The molecule has 1 aliphatic rings. The van der Waals surface area contributed by atoms with Crippen molar-refractivity contribution in [3.8, 4) is 0 Å². The van der Waals surface area contributed by atoms with Crippen molar-refractivity contribution in [1.82, 2.24) is 15.1 Å². The second-order valence-corrected chi connectivity index (χ2v) is 6.93. The van der Waals surface area contributed by atoms with Crippen LogP contribution in [0, 0.1) is 13.8 Å². The highest BCUT2D eigenvalue weighted by Gasteiger charge is 2.22. The summed E-state index contributed by atoms with van der Waals surface area (Å²) in [6.45, 7) is 10.2. The molecule has 1 aromatic carbocycles. The van der Waals surface area contributed by atoms with Gasteiger partial charge in [0.2, 0.25) is 0 Å². The number of aryl methyl sites for hydroxylation is 2. The molecule has 5 nitrogen and oxygen atoms in total. The minimum absolute atomic E-state index is 0.00671. The molecule has 1 saturated heterocycles. The van der Waals surface area contributed by atoms with Gasteiger partial charge in [0.15, 0.2) is 0 Å². The van der Waals surface area contributed by atoms with Crippen molar-refractivity contribution in [3.05, 3.63) is 59.0 Å². The van der Waals surface area contributed by atoms with Crippen LogP contribution >= 0.6 is 0 Å². The lowest BCUT2D eigenvalue weighted by Crippen LogP contribution is -2.51. The van der Waals surface area contributed by atoms with Crippen molar-refractivity contribution in [2.24, 2.45) is 0 Å². The first-order valence-electron chi connectivity index (χ1n) is 8.89. The van der Waals surface area contributed by atoms with Gasteiger partial charge in [-0.2, -0.15) is 0 Å². The molecule has 0 saturated carbocycles. The van der Waals surface area contributed by atoms with Gasteiger partial charge >= 0.3 is 6.03 Å². The first kappa shape index (κ1) is 17.5. The van der Waals surface area contributed by atoms with Gasteiger partial charge in [0.25, 0.3) is 0 Å². The molecule has 2 aromatic rings. The third kappa shape index (κ3) is 4.63. The van der Waals surface area contributed by atoms with Crippen molar-refractivity contribution in [3.63, 3.8) is 0 Å². The maximum absolute atomic E-state index is 12.6. The summed E-state index contributed by atoms with van der Waals surface area (Å²) >= 11 is 0. The summed E-state index contributed by atoms with van der Waals surface area (Å²) in [7, 11) is 0. The Morgan fingerprint density at radius 3 is 2.44 bits per heavy atom. The predicted octanol–water partition coefficient (Wildman–Crippen LogP) is 3.48. The number of carbonyl (C=O) groups excluding carboxylic acids is 1. The fourth-order valence-corrected chi connectivity index (χ4v) is 3.35. The van der Waals surface area contributed by atoms with Gasteiger partial charge < -0.3 is 14.6 Å². The van der Waals surface area contributed by atoms with E-state index in [2.05, 4.69) is 42.3 Å². The Bertz CT molecular complexity index is 683. The molecule has 1 N–H and O–H groups in total. The van der Waals surface area contributed by atoms with Gasteiger partial charge in [0.1, 0.15) is 5.76 Å². The Kier molecular flexibility index (Phi) is 5.43. The highest BCUT2D eigenvalue weighted by atomic mass is 16.3. The number of hydrogen-bond acceptors (Lipinski definition) is 3. The monoisotopic (exact) mass is 341 g/mol. The smallest absolute Gasteiger partial charge is 0.317 e. The highest BCUT2D eigenvalue weighted by molar-refractivity contribution is 5.74. The second kappa shape index (κ2) is 7.74. The van der Waals surface area contributed by atoms with Crippen molar-refractivity contribution in [1.29, 1.82) is 0 Å². The molecule has 25 heavy (non-hydrogen) atoms. The molecule has 1 aliphatic heterocycles. The standard InChI is InChI=1S/C20H27N3O2/c1-15-11-16(2)13-18(12-15)17(3)21-20(24)23-8-6-22(7-9-23)14-19-5-4-10-25-19/h4-5,10-13,17H,6-9,14H2,1-3H3,(H,21,24). The molecule has 0 radical (unpaired) electrons. The van der Waals surface area contributed by atoms with Crippen LogP contribution in [0.3, 0.4) is 0 Å². The summed E-state index contributed by atoms with van der Waals surface area (Å²) in [5.41, 5.74) is 3.60. The Hall–Kier alpha value is -2.27. The lowest BCUT2D eigenvalue weighted by molar-refractivity contribution is 0.128. The summed E-state index contributed by atoms with van der Waals surface area (Å²) in [6.07, 6.45) is 1.70. The van der Waals surface area contributed by atoms with E-state index >= 15 is 0 Å². The zero-order chi connectivity index (χ0) is 17.8. The van der Waals surface area contributed by atoms with E-state index < -0.39 is 0 Å². The van der Waals surface area contributed by atoms with E-state index in [0.29, 0.717) is 0 Å². The Balaban J connectivity index is 1.50. The molecule has 1 atom stereocenters. The Morgan fingerprint density at radius 2 is 1.84 bits per heavy atom. The number of nitrogens with one attached hydrogen (secondary N) is 1. The molecule has 2 amide bonds. The molecule has 1 fully saturated rings. The Labute approximate surface area is 149 Å². The number of benzene rings is 1. The quantitative estimate of drug-likeness (QED) is 0.926. The van der Waals surface area contributed by atoms with E-state index in [0.717, 1.165) is 44.0 Å². The fraction of sp³-hybridized carbons (Fsp3) is 0.450. The summed E-state index contributed by atoms with van der Waals surface area (Å²) < 4.78 is 5.40. The number of urea groups is 1. The minimum atomic E-state index is 0.00671. The van der Waals surface area contributed by atoms with Gasteiger partial charge in [-0.1, -0.05) is 29.3 Å². The van der Waals surface area contributed by atoms with Crippen molar-refractivity contribution in [2.75, 3.05) is 26.2 Å². The average molecular weight is 341 g/mol. The third-order valence-corrected chi connectivity index (χ3v) is 4.70. The zero-order valence-corrected chi connectivity index (χ0v) is 15.3. The van der Waals surface area contributed by atoms with E-state index in [-0.39, 0.29) is 12.1 Å². The molecule has 0 bridgehead atoms. The SMILES string of the molecule is Cc1cc(C)cc(C(C)NC(=O)N2CCN(Cc3ccco3)CC2)c1. The molecule has 5 heteroatoms. The minimum Gasteiger partial charge on any atom is -0.468 e. The van der Waals surface area contributed by atoms with Crippen molar-refractivity contribution in [2.45, 2.75) is 33.4 Å². The van der Waals surface area contributed by atoms with Crippen LogP contribution in [0.2, 0.25) is 0 Å². The maximum Gasteiger partial charge on any atom is 0.317 e. The highest BCUT2D eigenvalue weighted by Crippen LogP contribution is 2.17. The predicted molar refractivity (Wildman–Crippen MR) is 98.4 cm³/mol. The third-order valence-electron chi connectivity index (χ3n) is 4.70. The average Bonchev–Trinajstić information content (AvgIpc) is 3.07. The molecule has 1 aromatic heterocycles. The molecule has 3 rings (SSSR count). The van der Waals surface area contributed by atoms with Crippen LogP contribution in [0.1, 0.15) is 35.4 Å². The maximum atomic E-state index is 12.6. The number of rotatable bonds is 4. The van der Waals surface area contributed by atoms with E-state index in [1.165, 1.54) is 11.1 Å². The van der Waals surface area contributed by atoms with Gasteiger partial charge in [0.05, 0.1) is 18.8 Å².